The predicted octanol–water partition coefficient (Wildman–Crippen LogP) is 1.58. The van der Waals surface area contributed by atoms with Gasteiger partial charge in [-0.05, 0) is 43.7 Å². The fourth-order valence-electron chi connectivity index (χ4n) is 2.54. The van der Waals surface area contributed by atoms with Crippen molar-refractivity contribution in [2.45, 2.75) is 18.9 Å². The van der Waals surface area contributed by atoms with E-state index in [0.29, 0.717) is 23.7 Å². The molecule has 1 aromatic carbocycles. The predicted molar refractivity (Wildman–Crippen MR) is 88.1 cm³/mol. The van der Waals surface area contributed by atoms with Crippen molar-refractivity contribution in [3.05, 3.63) is 34.9 Å². The van der Waals surface area contributed by atoms with E-state index >= 15 is 0 Å². The second kappa shape index (κ2) is 7.44. The number of carbonyl (C=O) groups is 1. The highest BCUT2D eigenvalue weighted by molar-refractivity contribution is 7.90. The van der Waals surface area contributed by atoms with Gasteiger partial charge >= 0.3 is 0 Å². The van der Waals surface area contributed by atoms with Crippen molar-refractivity contribution in [1.82, 2.24) is 10.2 Å². The summed E-state index contributed by atoms with van der Waals surface area (Å²) in [6.45, 7) is 2.09. The van der Waals surface area contributed by atoms with Crippen LogP contribution in [0.3, 0.4) is 0 Å². The number of rotatable bonds is 5. The van der Waals surface area contributed by atoms with E-state index in [1.807, 2.05) is 0 Å². The fraction of sp³-hybridized carbons (Fsp3) is 0.533. The minimum atomic E-state index is -2.95. The number of benzene rings is 1. The second-order valence-electron chi connectivity index (χ2n) is 5.75. The lowest BCUT2D eigenvalue weighted by Crippen LogP contribution is -2.48. The van der Waals surface area contributed by atoms with Crippen molar-refractivity contribution >= 4 is 27.3 Å². The van der Waals surface area contributed by atoms with Crippen LogP contribution in [0.25, 0.3) is 0 Å². The van der Waals surface area contributed by atoms with Gasteiger partial charge in [0.15, 0.2) is 0 Å². The smallest absolute Gasteiger partial charge is 0.251 e. The van der Waals surface area contributed by atoms with E-state index in [1.54, 1.807) is 24.3 Å². The molecule has 1 fully saturated rings. The minimum absolute atomic E-state index is 0.0523. The lowest BCUT2D eigenvalue weighted by Gasteiger charge is -2.32. The number of likely N-dealkylation sites (tertiary alicyclic amines) is 1. The monoisotopic (exact) mass is 344 g/mol. The molecule has 1 N–H and O–H groups in total. The van der Waals surface area contributed by atoms with E-state index in [1.165, 1.54) is 6.26 Å². The zero-order valence-electron chi connectivity index (χ0n) is 12.6. The molecule has 5 nitrogen and oxygen atoms in total. The summed E-state index contributed by atoms with van der Waals surface area (Å²) >= 11 is 5.81. The van der Waals surface area contributed by atoms with Gasteiger partial charge in [0.25, 0.3) is 5.91 Å². The number of sulfone groups is 1. The van der Waals surface area contributed by atoms with Gasteiger partial charge in [-0.2, -0.15) is 0 Å². The molecule has 22 heavy (non-hydrogen) atoms. The Morgan fingerprint density at radius 2 is 2.05 bits per heavy atom. The molecule has 122 valence electrons. The normalized spacial score (nSPS) is 19.8. The number of hydrogen-bond donors (Lipinski definition) is 1. The van der Waals surface area contributed by atoms with Crippen LogP contribution in [0.15, 0.2) is 24.3 Å². The molecule has 0 saturated carbocycles. The third-order valence-electron chi connectivity index (χ3n) is 3.73. The number of nitrogens with zero attached hydrogens (tertiary/aromatic N) is 1. The summed E-state index contributed by atoms with van der Waals surface area (Å²) in [6.07, 6.45) is 3.11. The molecular weight excluding hydrogens is 324 g/mol. The average molecular weight is 345 g/mol. The van der Waals surface area contributed by atoms with Gasteiger partial charge in [-0.15, -0.1) is 0 Å². The highest BCUT2D eigenvalue weighted by Crippen LogP contribution is 2.13. The van der Waals surface area contributed by atoms with Crippen molar-refractivity contribution in [1.29, 1.82) is 0 Å². The third-order valence-corrected chi connectivity index (χ3v) is 4.90. The number of hydrogen-bond acceptors (Lipinski definition) is 4. The van der Waals surface area contributed by atoms with Gasteiger partial charge in [0.1, 0.15) is 9.84 Å². The Bertz CT molecular complexity index is 616. The van der Waals surface area contributed by atoms with Gasteiger partial charge in [-0.25, -0.2) is 8.42 Å². The molecule has 0 spiro atoms. The molecule has 1 unspecified atom stereocenters. The van der Waals surface area contributed by atoms with Crippen molar-refractivity contribution in [3.63, 3.8) is 0 Å². The molecule has 0 aromatic heterocycles. The minimum Gasteiger partial charge on any atom is -0.348 e. The summed E-state index contributed by atoms with van der Waals surface area (Å²) < 4.78 is 22.5. The Labute approximate surface area is 136 Å². The maximum absolute atomic E-state index is 12.2. The topological polar surface area (TPSA) is 66.5 Å². The summed E-state index contributed by atoms with van der Waals surface area (Å²) in [4.78, 5) is 14.3. The molecule has 2 rings (SSSR count). The van der Waals surface area contributed by atoms with E-state index in [0.717, 1.165) is 19.4 Å². The van der Waals surface area contributed by atoms with E-state index < -0.39 is 9.84 Å². The molecule has 1 saturated heterocycles. The molecule has 1 aromatic rings. The van der Waals surface area contributed by atoms with Gasteiger partial charge in [-0.1, -0.05) is 11.6 Å². The Kier molecular flexibility index (Phi) is 5.83. The Morgan fingerprint density at radius 3 is 2.68 bits per heavy atom. The molecule has 1 aliphatic heterocycles. The first-order valence-corrected chi connectivity index (χ1v) is 9.74. The van der Waals surface area contributed by atoms with Gasteiger partial charge in [-0.3, -0.25) is 4.79 Å². The lowest BCUT2D eigenvalue weighted by atomic mass is 10.1. The molecule has 1 aliphatic rings. The summed E-state index contributed by atoms with van der Waals surface area (Å²) in [5, 5.41) is 3.61. The summed E-state index contributed by atoms with van der Waals surface area (Å²) in [5.41, 5.74) is 0.581. The summed E-state index contributed by atoms with van der Waals surface area (Å²) in [5.74, 6) is 0.0387. The first-order chi connectivity index (χ1) is 10.3. The number of carbonyl (C=O) groups excluding carboxylic acids is 1. The lowest BCUT2D eigenvalue weighted by molar-refractivity contribution is 0.0906. The first kappa shape index (κ1) is 17.2. The van der Waals surface area contributed by atoms with Crippen LogP contribution in [0.2, 0.25) is 5.02 Å². The van der Waals surface area contributed by atoms with Crippen LogP contribution in [0.1, 0.15) is 23.2 Å². The number of nitrogens with one attached hydrogen (secondary N) is 1. The van der Waals surface area contributed by atoms with Crippen molar-refractivity contribution in [2.75, 3.05) is 31.6 Å². The largest absolute Gasteiger partial charge is 0.348 e. The molecule has 7 heteroatoms. The number of piperidine rings is 1. The van der Waals surface area contributed by atoms with Crippen LogP contribution >= 0.6 is 11.6 Å². The number of amides is 1. The van der Waals surface area contributed by atoms with Gasteiger partial charge in [0.05, 0.1) is 5.75 Å². The van der Waals surface area contributed by atoms with Gasteiger partial charge < -0.3 is 10.2 Å². The standard InChI is InChI=1S/C15H21ClN2O3S/c1-22(20,21)10-9-18-8-2-3-14(11-18)17-15(19)12-4-6-13(16)7-5-12/h4-7,14H,2-3,8-11H2,1H3,(H,17,19). The quantitative estimate of drug-likeness (QED) is 0.880. The van der Waals surface area contributed by atoms with Crippen LogP contribution in [0.4, 0.5) is 0 Å². The molecule has 1 heterocycles. The Morgan fingerprint density at radius 1 is 1.36 bits per heavy atom. The van der Waals surface area contributed by atoms with Crippen molar-refractivity contribution < 1.29 is 13.2 Å². The fourth-order valence-corrected chi connectivity index (χ4v) is 3.26. The SMILES string of the molecule is CS(=O)(=O)CCN1CCCC(NC(=O)c2ccc(Cl)cc2)C1. The van der Waals surface area contributed by atoms with E-state index in [2.05, 4.69) is 10.2 Å². The van der Waals surface area contributed by atoms with Crippen LogP contribution in [0, 0.1) is 0 Å². The van der Waals surface area contributed by atoms with Gasteiger partial charge in [0, 0.05) is 36.0 Å². The van der Waals surface area contributed by atoms with Crippen molar-refractivity contribution in [3.8, 4) is 0 Å². The van der Waals surface area contributed by atoms with E-state index in [9.17, 15) is 13.2 Å². The van der Waals surface area contributed by atoms with Crippen LogP contribution in [-0.4, -0.2) is 56.9 Å². The Hall–Kier alpha value is -1.11. The Balaban J connectivity index is 1.87. The maximum atomic E-state index is 12.2. The second-order valence-corrected chi connectivity index (χ2v) is 8.45. The number of halogens is 1. The first-order valence-electron chi connectivity index (χ1n) is 7.30. The molecule has 0 radical (unpaired) electrons. The van der Waals surface area contributed by atoms with Crippen LogP contribution < -0.4 is 5.32 Å². The molecule has 0 bridgehead atoms. The zero-order valence-corrected chi connectivity index (χ0v) is 14.2. The summed E-state index contributed by atoms with van der Waals surface area (Å²) in [7, 11) is -2.95. The van der Waals surface area contributed by atoms with Crippen LogP contribution in [0.5, 0.6) is 0 Å². The third kappa shape index (κ3) is 5.59. The molecule has 1 amide bonds. The zero-order chi connectivity index (χ0) is 16.2. The molecular formula is C15H21ClN2O3S. The van der Waals surface area contributed by atoms with E-state index in [-0.39, 0.29) is 17.7 Å². The maximum Gasteiger partial charge on any atom is 0.251 e. The average Bonchev–Trinajstić information content (AvgIpc) is 2.45. The van der Waals surface area contributed by atoms with E-state index in [4.69, 9.17) is 11.6 Å². The highest BCUT2D eigenvalue weighted by atomic mass is 35.5. The van der Waals surface area contributed by atoms with Gasteiger partial charge in [0.2, 0.25) is 0 Å². The summed E-state index contributed by atoms with van der Waals surface area (Å²) in [6, 6.07) is 6.83. The molecule has 0 aliphatic carbocycles. The van der Waals surface area contributed by atoms with Crippen LogP contribution in [-0.2, 0) is 9.84 Å². The molecule has 1 atom stereocenters. The highest BCUT2D eigenvalue weighted by Gasteiger charge is 2.22. The van der Waals surface area contributed by atoms with Crippen molar-refractivity contribution in [2.24, 2.45) is 0 Å².